The van der Waals surface area contributed by atoms with E-state index in [-0.39, 0.29) is 11.9 Å². The summed E-state index contributed by atoms with van der Waals surface area (Å²) in [6.07, 6.45) is 0.867. The fourth-order valence-corrected chi connectivity index (χ4v) is 1.60. The van der Waals surface area contributed by atoms with Gasteiger partial charge in [-0.05, 0) is 24.1 Å². The highest BCUT2D eigenvalue weighted by atomic mass is 35.5. The van der Waals surface area contributed by atoms with Crippen LogP contribution in [-0.2, 0) is 15.4 Å². The van der Waals surface area contributed by atoms with E-state index in [1.807, 2.05) is 6.07 Å². The third-order valence-corrected chi connectivity index (χ3v) is 2.72. The topological polar surface area (TPSA) is 55.4 Å². The van der Waals surface area contributed by atoms with Gasteiger partial charge in [0.1, 0.15) is 0 Å². The summed E-state index contributed by atoms with van der Waals surface area (Å²) in [6, 6.07) is 7.14. The Morgan fingerprint density at radius 1 is 1.39 bits per heavy atom. The van der Waals surface area contributed by atoms with Crippen LogP contribution in [0, 0.1) is 0 Å². The molecule has 0 aliphatic rings. The highest BCUT2D eigenvalue weighted by molar-refractivity contribution is 6.17. The average Bonchev–Trinajstić information content (AvgIpc) is 2.43. The molecule has 4 nitrogen and oxygen atoms in total. The average molecular weight is 270 g/mol. The van der Waals surface area contributed by atoms with Crippen LogP contribution >= 0.6 is 11.6 Å². The molecule has 0 aliphatic carbocycles. The normalized spacial score (nSPS) is 9.89. The molecule has 1 aromatic carbocycles. The second kappa shape index (κ2) is 7.71. The van der Waals surface area contributed by atoms with Crippen LogP contribution in [0.4, 0.5) is 0 Å². The largest absolute Gasteiger partial charge is 0.469 e. The van der Waals surface area contributed by atoms with Gasteiger partial charge >= 0.3 is 5.97 Å². The number of hydrogen-bond acceptors (Lipinski definition) is 3. The minimum absolute atomic E-state index is 0.160. The van der Waals surface area contributed by atoms with Gasteiger partial charge in [-0.1, -0.05) is 12.1 Å². The number of alkyl halides is 1. The van der Waals surface area contributed by atoms with Crippen molar-refractivity contribution >= 4 is 23.5 Å². The minimum atomic E-state index is -0.270. The van der Waals surface area contributed by atoms with Crippen LogP contribution in [0.15, 0.2) is 24.3 Å². The van der Waals surface area contributed by atoms with Gasteiger partial charge in [-0.2, -0.15) is 0 Å². The van der Waals surface area contributed by atoms with Gasteiger partial charge in [-0.3, -0.25) is 9.59 Å². The summed E-state index contributed by atoms with van der Waals surface area (Å²) < 4.78 is 4.51. The summed E-state index contributed by atoms with van der Waals surface area (Å²) in [5, 5.41) is 2.74. The van der Waals surface area contributed by atoms with E-state index < -0.39 is 0 Å². The van der Waals surface area contributed by atoms with Crippen molar-refractivity contribution < 1.29 is 14.3 Å². The van der Waals surface area contributed by atoms with Crippen LogP contribution in [-0.4, -0.2) is 25.5 Å². The maximum absolute atomic E-state index is 11.8. The first kappa shape index (κ1) is 14.5. The Hall–Kier alpha value is -1.55. The molecule has 1 aromatic rings. The van der Waals surface area contributed by atoms with Crippen molar-refractivity contribution in [3.63, 3.8) is 0 Å². The third kappa shape index (κ3) is 4.75. The lowest BCUT2D eigenvalue weighted by Gasteiger charge is -2.05. The molecule has 1 amide bonds. The fraction of sp³-hybridized carbons (Fsp3) is 0.385. The van der Waals surface area contributed by atoms with Crippen molar-refractivity contribution in [1.82, 2.24) is 5.32 Å². The molecule has 0 atom stereocenters. The lowest BCUT2D eigenvalue weighted by atomic mass is 10.1. The zero-order valence-corrected chi connectivity index (χ0v) is 11.0. The van der Waals surface area contributed by atoms with Crippen LogP contribution in [0.5, 0.6) is 0 Å². The van der Waals surface area contributed by atoms with Gasteiger partial charge in [0.15, 0.2) is 0 Å². The SMILES string of the molecule is COC(=O)CCCNC(=O)c1cccc(CCl)c1. The van der Waals surface area contributed by atoms with Crippen molar-refractivity contribution in [2.45, 2.75) is 18.7 Å². The number of nitrogens with one attached hydrogen (secondary N) is 1. The summed E-state index contributed by atoms with van der Waals surface area (Å²) in [7, 11) is 1.35. The van der Waals surface area contributed by atoms with Gasteiger partial charge in [0.2, 0.25) is 0 Å². The molecule has 1 rings (SSSR count). The number of benzene rings is 1. The van der Waals surface area contributed by atoms with E-state index in [4.69, 9.17) is 11.6 Å². The molecule has 0 fully saturated rings. The Balaban J connectivity index is 2.38. The lowest BCUT2D eigenvalue weighted by Crippen LogP contribution is -2.25. The molecular formula is C13H16ClNO3. The monoisotopic (exact) mass is 269 g/mol. The van der Waals surface area contributed by atoms with Crippen LogP contribution in [0.25, 0.3) is 0 Å². The van der Waals surface area contributed by atoms with Gasteiger partial charge in [0.05, 0.1) is 7.11 Å². The number of rotatable bonds is 6. The number of carbonyl (C=O) groups excluding carboxylic acids is 2. The highest BCUT2D eigenvalue weighted by Gasteiger charge is 2.06. The first-order valence-electron chi connectivity index (χ1n) is 5.67. The second-order valence-corrected chi connectivity index (χ2v) is 4.04. The van der Waals surface area contributed by atoms with Crippen molar-refractivity contribution in [2.24, 2.45) is 0 Å². The summed E-state index contributed by atoms with van der Waals surface area (Å²) in [4.78, 5) is 22.6. The predicted octanol–water partition coefficient (Wildman–Crippen LogP) is 2.11. The predicted molar refractivity (Wildman–Crippen MR) is 69.6 cm³/mol. The van der Waals surface area contributed by atoms with E-state index in [2.05, 4.69) is 10.1 Å². The molecule has 0 bridgehead atoms. The number of carbonyl (C=O) groups is 2. The van der Waals surface area contributed by atoms with Crippen LogP contribution in [0.1, 0.15) is 28.8 Å². The Morgan fingerprint density at radius 3 is 2.83 bits per heavy atom. The first-order valence-corrected chi connectivity index (χ1v) is 6.20. The quantitative estimate of drug-likeness (QED) is 0.489. The van der Waals surface area contributed by atoms with Gasteiger partial charge < -0.3 is 10.1 Å². The Bertz CT molecular complexity index is 420. The molecule has 0 radical (unpaired) electrons. The summed E-state index contributed by atoms with van der Waals surface area (Å²) in [5.41, 5.74) is 1.48. The summed E-state index contributed by atoms with van der Waals surface area (Å²) >= 11 is 5.70. The summed E-state index contributed by atoms with van der Waals surface area (Å²) in [6.45, 7) is 0.443. The van der Waals surface area contributed by atoms with E-state index in [0.717, 1.165) is 5.56 Å². The van der Waals surface area contributed by atoms with E-state index in [0.29, 0.717) is 30.8 Å². The maximum Gasteiger partial charge on any atom is 0.305 e. The smallest absolute Gasteiger partial charge is 0.305 e. The van der Waals surface area contributed by atoms with Crippen molar-refractivity contribution in [3.8, 4) is 0 Å². The molecule has 5 heteroatoms. The molecule has 0 unspecified atom stereocenters. The van der Waals surface area contributed by atoms with Crippen molar-refractivity contribution in [1.29, 1.82) is 0 Å². The highest BCUT2D eigenvalue weighted by Crippen LogP contribution is 2.07. The van der Waals surface area contributed by atoms with E-state index >= 15 is 0 Å². The van der Waals surface area contributed by atoms with Crippen LogP contribution < -0.4 is 5.32 Å². The zero-order valence-electron chi connectivity index (χ0n) is 10.2. The van der Waals surface area contributed by atoms with Crippen molar-refractivity contribution in [3.05, 3.63) is 35.4 Å². The van der Waals surface area contributed by atoms with E-state index in [1.165, 1.54) is 7.11 Å². The van der Waals surface area contributed by atoms with E-state index in [9.17, 15) is 9.59 Å². The van der Waals surface area contributed by atoms with Crippen molar-refractivity contribution in [2.75, 3.05) is 13.7 Å². The first-order chi connectivity index (χ1) is 8.67. The number of amides is 1. The second-order valence-electron chi connectivity index (χ2n) is 3.77. The molecule has 1 N–H and O–H groups in total. The van der Waals surface area contributed by atoms with Crippen LogP contribution in [0.2, 0.25) is 0 Å². The molecule has 0 aromatic heterocycles. The molecule has 0 saturated carbocycles. The van der Waals surface area contributed by atoms with Crippen LogP contribution in [0.3, 0.4) is 0 Å². The minimum Gasteiger partial charge on any atom is -0.469 e. The number of hydrogen-bond donors (Lipinski definition) is 1. The molecule has 98 valence electrons. The number of ether oxygens (including phenoxy) is 1. The maximum atomic E-state index is 11.8. The molecule has 18 heavy (non-hydrogen) atoms. The molecule has 0 spiro atoms. The van der Waals surface area contributed by atoms with Gasteiger partial charge in [0, 0.05) is 24.4 Å². The van der Waals surface area contributed by atoms with Gasteiger partial charge in [0.25, 0.3) is 5.91 Å². The Morgan fingerprint density at radius 2 is 2.17 bits per heavy atom. The fourth-order valence-electron chi connectivity index (χ4n) is 1.43. The lowest BCUT2D eigenvalue weighted by molar-refractivity contribution is -0.140. The third-order valence-electron chi connectivity index (χ3n) is 2.41. The van der Waals surface area contributed by atoms with E-state index in [1.54, 1.807) is 18.2 Å². The molecular weight excluding hydrogens is 254 g/mol. The Kier molecular flexibility index (Phi) is 6.22. The number of esters is 1. The van der Waals surface area contributed by atoms with Gasteiger partial charge in [-0.25, -0.2) is 0 Å². The zero-order chi connectivity index (χ0) is 13.4. The van der Waals surface area contributed by atoms with Gasteiger partial charge in [-0.15, -0.1) is 11.6 Å². The Labute approximate surface area is 111 Å². The standard InChI is InChI=1S/C13H16ClNO3/c1-18-12(16)6-3-7-15-13(17)11-5-2-4-10(8-11)9-14/h2,4-5,8H,3,6-7,9H2,1H3,(H,15,17). The molecule has 0 saturated heterocycles. The number of halogens is 1. The summed E-state index contributed by atoms with van der Waals surface area (Å²) in [5.74, 6) is -0.0519. The molecule has 0 aliphatic heterocycles. The molecule has 0 heterocycles. The number of methoxy groups -OCH3 is 1.